The van der Waals surface area contributed by atoms with Crippen LogP contribution in [0.1, 0.15) is 79.4 Å². The molecule has 0 aliphatic carbocycles. The number of rotatable bonds is 12. The first-order chi connectivity index (χ1) is 13.0. The van der Waals surface area contributed by atoms with Crippen molar-refractivity contribution in [3.63, 3.8) is 0 Å². The summed E-state index contributed by atoms with van der Waals surface area (Å²) in [5.41, 5.74) is 1.51. The molecule has 0 aliphatic heterocycles. The van der Waals surface area contributed by atoms with Crippen LogP contribution in [0.4, 0.5) is 0 Å². The van der Waals surface area contributed by atoms with Gasteiger partial charge in [-0.2, -0.15) is 0 Å². The van der Waals surface area contributed by atoms with E-state index in [-0.39, 0.29) is 26.7 Å². The van der Waals surface area contributed by atoms with Crippen molar-refractivity contribution in [3.05, 3.63) is 23.3 Å². The maximum atomic E-state index is 10.9. The molecule has 2 N–H and O–H groups in total. The van der Waals surface area contributed by atoms with Gasteiger partial charge in [-0.05, 0) is 72.8 Å². The predicted octanol–water partition coefficient (Wildman–Crippen LogP) is 7.48. The van der Waals surface area contributed by atoms with Crippen molar-refractivity contribution in [1.29, 1.82) is 0 Å². The van der Waals surface area contributed by atoms with Crippen LogP contribution in [0.2, 0.25) is 0 Å². The zero-order valence-electron chi connectivity index (χ0n) is 19.6. The van der Waals surface area contributed by atoms with E-state index in [0.29, 0.717) is 11.5 Å². The minimum atomic E-state index is -0.131. The Hall–Kier alpha value is -0.320. The average Bonchev–Trinajstić information content (AvgIpc) is 2.64. The summed E-state index contributed by atoms with van der Waals surface area (Å²) in [6.07, 6.45) is 9.62. The summed E-state index contributed by atoms with van der Waals surface area (Å²) in [6, 6.07) is 3.68. The zero-order valence-corrected chi connectivity index (χ0v) is 21.4. The molecule has 0 amide bonds. The van der Waals surface area contributed by atoms with Gasteiger partial charge in [0.15, 0.2) is 0 Å². The third-order valence-corrected chi connectivity index (χ3v) is 11.8. The van der Waals surface area contributed by atoms with Crippen LogP contribution in [0.25, 0.3) is 0 Å². The first kappa shape index (κ1) is 25.7. The molecule has 0 heterocycles. The first-order valence-electron chi connectivity index (χ1n) is 11.0. The Bertz CT molecular complexity index is 549. The Labute approximate surface area is 177 Å². The molecule has 1 rings (SSSR count). The molecule has 4 heteroatoms. The summed E-state index contributed by atoms with van der Waals surface area (Å²) in [7, 11) is 0.180. The smallest absolute Gasteiger partial charge is 0.119 e. The van der Waals surface area contributed by atoms with E-state index in [0.717, 1.165) is 24.0 Å². The van der Waals surface area contributed by atoms with E-state index in [1.165, 1.54) is 37.0 Å². The van der Waals surface area contributed by atoms with Gasteiger partial charge in [0.25, 0.3) is 0 Å². The summed E-state index contributed by atoms with van der Waals surface area (Å²) in [6.45, 7) is 17.9. The van der Waals surface area contributed by atoms with E-state index in [9.17, 15) is 10.2 Å². The van der Waals surface area contributed by atoms with Crippen LogP contribution in [-0.4, -0.2) is 47.2 Å². The molecule has 0 spiro atoms. The van der Waals surface area contributed by atoms with Crippen molar-refractivity contribution < 1.29 is 10.2 Å². The highest BCUT2D eigenvalue weighted by atomic mass is 31.1. The highest BCUT2D eigenvalue weighted by Crippen LogP contribution is 2.46. The molecule has 162 valence electrons. The van der Waals surface area contributed by atoms with E-state index < -0.39 is 0 Å². The van der Waals surface area contributed by atoms with E-state index >= 15 is 0 Å². The SMILES string of the molecule is CCP(CC)CCC(C)(C)c1cc(O)c(C(C)(C)CCP(CC)CC)cc1O. The fourth-order valence-corrected chi connectivity index (χ4v) is 7.80. The van der Waals surface area contributed by atoms with Crippen LogP contribution >= 0.6 is 15.8 Å². The minimum absolute atomic E-state index is 0.0899. The molecule has 0 saturated heterocycles. The quantitative estimate of drug-likeness (QED) is 0.269. The number of aromatic hydroxyl groups is 2. The van der Waals surface area contributed by atoms with E-state index in [1.807, 2.05) is 12.1 Å². The van der Waals surface area contributed by atoms with E-state index in [4.69, 9.17) is 0 Å². The summed E-state index contributed by atoms with van der Waals surface area (Å²) >= 11 is 0. The topological polar surface area (TPSA) is 40.5 Å². The van der Waals surface area contributed by atoms with Crippen molar-refractivity contribution in [3.8, 4) is 11.5 Å². The number of phenolic OH excluding ortho intramolecular Hbond substituents is 2. The van der Waals surface area contributed by atoms with Crippen molar-refractivity contribution in [1.82, 2.24) is 0 Å². The van der Waals surface area contributed by atoms with Gasteiger partial charge in [0.05, 0.1) is 0 Å². The monoisotopic (exact) mass is 426 g/mol. The predicted molar refractivity (Wildman–Crippen MR) is 131 cm³/mol. The first-order valence-corrected chi connectivity index (χ1v) is 14.8. The lowest BCUT2D eigenvalue weighted by molar-refractivity contribution is 0.401. The summed E-state index contributed by atoms with van der Waals surface area (Å²) in [5, 5.41) is 21.7. The lowest BCUT2D eigenvalue weighted by atomic mass is 9.77. The Morgan fingerprint density at radius 1 is 0.643 bits per heavy atom. The molecule has 28 heavy (non-hydrogen) atoms. The number of hydrogen-bond acceptors (Lipinski definition) is 2. The summed E-state index contributed by atoms with van der Waals surface area (Å²) in [4.78, 5) is 0. The lowest BCUT2D eigenvalue weighted by Gasteiger charge is -2.32. The molecule has 0 aliphatic rings. The molecule has 0 bridgehead atoms. The van der Waals surface area contributed by atoms with Gasteiger partial charge in [0.2, 0.25) is 0 Å². The van der Waals surface area contributed by atoms with Crippen molar-refractivity contribution >= 4 is 15.8 Å². The van der Waals surface area contributed by atoms with Crippen LogP contribution < -0.4 is 0 Å². The normalized spacial score (nSPS) is 12.9. The molecule has 0 unspecified atom stereocenters. The van der Waals surface area contributed by atoms with Gasteiger partial charge in [-0.25, -0.2) is 0 Å². The van der Waals surface area contributed by atoms with Crippen LogP contribution in [0, 0.1) is 0 Å². The fraction of sp³-hybridized carbons (Fsp3) is 0.750. The fourth-order valence-electron chi connectivity index (χ4n) is 3.89. The van der Waals surface area contributed by atoms with Gasteiger partial charge in [-0.1, -0.05) is 55.4 Å². The zero-order chi connectivity index (χ0) is 21.5. The maximum absolute atomic E-state index is 10.9. The number of phenols is 2. The highest BCUT2D eigenvalue weighted by Gasteiger charge is 2.30. The van der Waals surface area contributed by atoms with E-state index in [1.54, 1.807) is 0 Å². The molecular weight excluding hydrogens is 382 g/mol. The Morgan fingerprint density at radius 3 is 1.18 bits per heavy atom. The molecule has 0 fully saturated rings. The van der Waals surface area contributed by atoms with Crippen molar-refractivity contribution in [2.24, 2.45) is 0 Å². The van der Waals surface area contributed by atoms with Crippen molar-refractivity contribution in [2.45, 2.75) is 79.1 Å². The molecule has 0 atom stereocenters. The standard InChI is InChI=1S/C24H44O2P2/c1-9-27(10-2)15-13-23(5,6)19-17-22(26)20(18-21(19)25)24(7,8)14-16-28(11-3)12-4/h17-18,25-26H,9-16H2,1-8H3. The van der Waals surface area contributed by atoms with Crippen LogP contribution in [0.5, 0.6) is 11.5 Å². The van der Waals surface area contributed by atoms with Gasteiger partial charge >= 0.3 is 0 Å². The third-order valence-electron chi connectivity index (χ3n) is 6.47. The van der Waals surface area contributed by atoms with Crippen LogP contribution in [0.15, 0.2) is 12.1 Å². The van der Waals surface area contributed by atoms with E-state index in [2.05, 4.69) is 55.4 Å². The third kappa shape index (κ3) is 6.88. The second-order valence-electron chi connectivity index (χ2n) is 9.21. The Morgan fingerprint density at radius 2 is 0.929 bits per heavy atom. The van der Waals surface area contributed by atoms with Gasteiger partial charge in [0, 0.05) is 11.1 Å². The number of hydrogen-bond donors (Lipinski definition) is 2. The van der Waals surface area contributed by atoms with Gasteiger partial charge in [-0.3, -0.25) is 0 Å². The van der Waals surface area contributed by atoms with Crippen LogP contribution in [-0.2, 0) is 10.8 Å². The number of benzene rings is 1. The Balaban J connectivity index is 3.05. The van der Waals surface area contributed by atoms with Gasteiger partial charge in [-0.15, -0.1) is 15.8 Å². The highest BCUT2D eigenvalue weighted by molar-refractivity contribution is 7.57. The second kappa shape index (κ2) is 11.2. The average molecular weight is 427 g/mol. The molecule has 0 saturated carbocycles. The molecule has 0 radical (unpaired) electrons. The van der Waals surface area contributed by atoms with Gasteiger partial charge < -0.3 is 10.2 Å². The van der Waals surface area contributed by atoms with Crippen LogP contribution in [0.3, 0.4) is 0 Å². The maximum Gasteiger partial charge on any atom is 0.119 e. The molecule has 2 nitrogen and oxygen atoms in total. The molecule has 1 aromatic carbocycles. The van der Waals surface area contributed by atoms with Gasteiger partial charge in [0.1, 0.15) is 11.5 Å². The molecule has 0 aromatic heterocycles. The lowest BCUT2D eigenvalue weighted by Crippen LogP contribution is -2.22. The largest absolute Gasteiger partial charge is 0.508 e. The summed E-state index contributed by atoms with van der Waals surface area (Å²) in [5.74, 6) is 0.688. The summed E-state index contributed by atoms with van der Waals surface area (Å²) < 4.78 is 0. The molecule has 1 aromatic rings. The second-order valence-corrected chi connectivity index (χ2v) is 15.3. The van der Waals surface area contributed by atoms with Crippen molar-refractivity contribution in [2.75, 3.05) is 37.0 Å². The Kier molecular flexibility index (Phi) is 10.3. The molecular formula is C24H44O2P2. The minimum Gasteiger partial charge on any atom is -0.508 e.